The number of carbonyl (C=O) groups is 2. The average Bonchev–Trinajstić information content (AvgIpc) is 3.18. The van der Waals surface area contributed by atoms with E-state index in [1.807, 2.05) is 13.8 Å². The predicted octanol–water partition coefficient (Wildman–Crippen LogP) is 2.22. The number of ether oxygens (including phenoxy) is 1. The van der Waals surface area contributed by atoms with Crippen LogP contribution < -0.4 is 10.0 Å². The van der Waals surface area contributed by atoms with E-state index in [0.717, 1.165) is 12.8 Å². The van der Waals surface area contributed by atoms with Gasteiger partial charge < -0.3 is 14.5 Å². The van der Waals surface area contributed by atoms with Crippen LogP contribution in [0.25, 0.3) is 0 Å². The molecule has 0 radical (unpaired) electrons. The van der Waals surface area contributed by atoms with E-state index in [0.29, 0.717) is 5.76 Å². The molecule has 1 atom stereocenters. The van der Waals surface area contributed by atoms with Crippen LogP contribution in [0.15, 0.2) is 52.0 Å². The molecule has 2 aromatic rings. The van der Waals surface area contributed by atoms with Gasteiger partial charge >= 0.3 is 5.97 Å². The standard InChI is InChI=1S/C19H24N2O6S/c1-3-5-14(2)21-18(22)13-27-19(23)15-7-9-17(10-8-15)28(24,25)20-12-16-6-4-11-26-16/h4,6-11,14,20H,3,5,12-13H2,1-2H3,(H,21,22)/t14-/m0/s1. The highest BCUT2D eigenvalue weighted by atomic mass is 32.2. The third-order valence-electron chi connectivity index (χ3n) is 3.88. The number of rotatable bonds is 10. The summed E-state index contributed by atoms with van der Waals surface area (Å²) in [6.45, 7) is 3.52. The SMILES string of the molecule is CCC[C@H](C)NC(=O)COC(=O)c1ccc(S(=O)(=O)NCc2ccco2)cc1. The summed E-state index contributed by atoms with van der Waals surface area (Å²) in [6.07, 6.45) is 3.23. The summed E-state index contributed by atoms with van der Waals surface area (Å²) < 4.78 is 37.0. The molecule has 8 nitrogen and oxygen atoms in total. The molecule has 1 aromatic heterocycles. The number of hydrogen-bond acceptors (Lipinski definition) is 6. The number of amides is 1. The Bertz CT molecular complexity index is 876. The van der Waals surface area contributed by atoms with Crippen LogP contribution in [0.4, 0.5) is 0 Å². The van der Waals surface area contributed by atoms with Crippen LogP contribution in [0.2, 0.25) is 0 Å². The van der Waals surface area contributed by atoms with Gasteiger partial charge in [-0.3, -0.25) is 4.79 Å². The fourth-order valence-electron chi connectivity index (χ4n) is 2.47. The van der Waals surface area contributed by atoms with Crippen LogP contribution in [0.3, 0.4) is 0 Å². The Kier molecular flexibility index (Phi) is 7.77. The molecule has 0 saturated heterocycles. The van der Waals surface area contributed by atoms with Crippen LogP contribution >= 0.6 is 0 Å². The van der Waals surface area contributed by atoms with Crippen LogP contribution in [0, 0.1) is 0 Å². The van der Waals surface area contributed by atoms with E-state index < -0.39 is 22.6 Å². The lowest BCUT2D eigenvalue weighted by atomic mass is 10.2. The Morgan fingerprint density at radius 2 is 1.89 bits per heavy atom. The lowest BCUT2D eigenvalue weighted by Gasteiger charge is -2.12. The Hall–Kier alpha value is -2.65. The fourth-order valence-corrected chi connectivity index (χ4v) is 3.46. The molecule has 0 bridgehead atoms. The topological polar surface area (TPSA) is 115 Å². The van der Waals surface area contributed by atoms with E-state index in [4.69, 9.17) is 9.15 Å². The van der Waals surface area contributed by atoms with Crippen molar-refractivity contribution in [3.8, 4) is 0 Å². The second-order valence-corrected chi connectivity index (χ2v) is 8.03. The number of furan rings is 1. The maximum Gasteiger partial charge on any atom is 0.338 e. The van der Waals surface area contributed by atoms with Gasteiger partial charge in [0.1, 0.15) is 5.76 Å². The molecule has 9 heteroatoms. The molecular formula is C19H24N2O6S. The summed E-state index contributed by atoms with van der Waals surface area (Å²) in [4.78, 5) is 23.8. The Morgan fingerprint density at radius 3 is 2.50 bits per heavy atom. The zero-order chi connectivity index (χ0) is 20.6. The quantitative estimate of drug-likeness (QED) is 0.583. The minimum absolute atomic E-state index is 0.00161. The van der Waals surface area contributed by atoms with Crippen LogP contribution in [0.5, 0.6) is 0 Å². The van der Waals surface area contributed by atoms with Crippen molar-refractivity contribution >= 4 is 21.9 Å². The van der Waals surface area contributed by atoms with Crippen molar-refractivity contribution in [2.24, 2.45) is 0 Å². The predicted molar refractivity (Wildman–Crippen MR) is 102 cm³/mol. The van der Waals surface area contributed by atoms with Crippen LogP contribution in [-0.2, 0) is 26.1 Å². The van der Waals surface area contributed by atoms with Gasteiger partial charge in [-0.1, -0.05) is 13.3 Å². The van der Waals surface area contributed by atoms with Gasteiger partial charge in [0.05, 0.1) is 23.3 Å². The average molecular weight is 408 g/mol. The molecule has 152 valence electrons. The highest BCUT2D eigenvalue weighted by Crippen LogP contribution is 2.12. The molecule has 0 fully saturated rings. The van der Waals surface area contributed by atoms with Gasteiger partial charge in [-0.15, -0.1) is 0 Å². The summed E-state index contributed by atoms with van der Waals surface area (Å²) in [7, 11) is -3.75. The first-order valence-electron chi connectivity index (χ1n) is 8.90. The Balaban J connectivity index is 1.88. The molecule has 0 saturated carbocycles. The third kappa shape index (κ3) is 6.50. The van der Waals surface area contributed by atoms with Crippen molar-refractivity contribution in [2.75, 3.05) is 6.61 Å². The first-order chi connectivity index (χ1) is 13.3. The zero-order valence-electron chi connectivity index (χ0n) is 15.8. The number of nitrogens with one attached hydrogen (secondary N) is 2. The van der Waals surface area contributed by atoms with E-state index in [1.54, 1.807) is 12.1 Å². The van der Waals surface area contributed by atoms with E-state index >= 15 is 0 Å². The van der Waals surface area contributed by atoms with Crippen molar-refractivity contribution in [1.29, 1.82) is 0 Å². The zero-order valence-corrected chi connectivity index (χ0v) is 16.6. The largest absolute Gasteiger partial charge is 0.468 e. The minimum atomic E-state index is -3.75. The number of hydrogen-bond donors (Lipinski definition) is 2. The highest BCUT2D eigenvalue weighted by molar-refractivity contribution is 7.89. The van der Waals surface area contributed by atoms with Crippen molar-refractivity contribution in [1.82, 2.24) is 10.0 Å². The van der Waals surface area contributed by atoms with Gasteiger partial charge in [0, 0.05) is 6.04 Å². The highest BCUT2D eigenvalue weighted by Gasteiger charge is 2.16. The molecule has 0 unspecified atom stereocenters. The lowest BCUT2D eigenvalue weighted by Crippen LogP contribution is -2.35. The summed E-state index contributed by atoms with van der Waals surface area (Å²) in [5.74, 6) is -0.600. The van der Waals surface area contributed by atoms with Gasteiger partial charge in [-0.25, -0.2) is 17.9 Å². The van der Waals surface area contributed by atoms with Crippen molar-refractivity contribution in [2.45, 2.75) is 44.2 Å². The van der Waals surface area contributed by atoms with Gasteiger partial charge in [-0.05, 0) is 49.7 Å². The number of esters is 1. The molecule has 0 aliphatic heterocycles. The second kappa shape index (κ2) is 10.0. The van der Waals surface area contributed by atoms with E-state index in [-0.39, 0.29) is 29.0 Å². The maximum atomic E-state index is 12.3. The molecule has 2 rings (SSSR count). The summed E-state index contributed by atoms with van der Waals surface area (Å²) in [5, 5.41) is 2.73. The fraction of sp³-hybridized carbons (Fsp3) is 0.368. The molecule has 2 N–H and O–H groups in total. The third-order valence-corrected chi connectivity index (χ3v) is 5.30. The lowest BCUT2D eigenvalue weighted by molar-refractivity contribution is -0.124. The first kappa shape index (κ1) is 21.6. The molecule has 0 aliphatic rings. The van der Waals surface area contributed by atoms with Gasteiger partial charge in [0.2, 0.25) is 10.0 Å². The summed E-state index contributed by atoms with van der Waals surface area (Å²) in [5.41, 5.74) is 0.152. The molecule has 1 heterocycles. The van der Waals surface area contributed by atoms with Gasteiger partial charge in [0.15, 0.2) is 6.61 Å². The van der Waals surface area contributed by atoms with Crippen molar-refractivity contribution < 1.29 is 27.2 Å². The second-order valence-electron chi connectivity index (χ2n) is 6.26. The summed E-state index contributed by atoms with van der Waals surface area (Å²) >= 11 is 0. The monoisotopic (exact) mass is 408 g/mol. The molecule has 1 amide bonds. The smallest absolute Gasteiger partial charge is 0.338 e. The number of carbonyl (C=O) groups excluding carboxylic acids is 2. The first-order valence-corrected chi connectivity index (χ1v) is 10.4. The van der Waals surface area contributed by atoms with Gasteiger partial charge in [-0.2, -0.15) is 0 Å². The Labute approximate surface area is 164 Å². The maximum absolute atomic E-state index is 12.3. The van der Waals surface area contributed by atoms with E-state index in [1.165, 1.54) is 30.5 Å². The molecule has 28 heavy (non-hydrogen) atoms. The van der Waals surface area contributed by atoms with Crippen LogP contribution in [0.1, 0.15) is 42.8 Å². The molecular weight excluding hydrogens is 384 g/mol. The Morgan fingerprint density at radius 1 is 1.18 bits per heavy atom. The summed E-state index contributed by atoms with van der Waals surface area (Å²) in [6, 6.07) is 8.59. The van der Waals surface area contributed by atoms with Crippen molar-refractivity contribution in [3.05, 3.63) is 54.0 Å². The number of sulfonamides is 1. The van der Waals surface area contributed by atoms with E-state index in [2.05, 4.69) is 10.0 Å². The molecule has 1 aromatic carbocycles. The van der Waals surface area contributed by atoms with E-state index in [9.17, 15) is 18.0 Å². The van der Waals surface area contributed by atoms with Crippen LogP contribution in [-0.4, -0.2) is 32.9 Å². The number of benzene rings is 1. The molecule has 0 spiro atoms. The minimum Gasteiger partial charge on any atom is -0.468 e. The van der Waals surface area contributed by atoms with Crippen molar-refractivity contribution in [3.63, 3.8) is 0 Å². The normalized spacial score (nSPS) is 12.4. The molecule has 0 aliphatic carbocycles. The van der Waals surface area contributed by atoms with Gasteiger partial charge in [0.25, 0.3) is 5.91 Å².